The summed E-state index contributed by atoms with van der Waals surface area (Å²) in [5, 5.41) is 0. The average Bonchev–Trinajstić information content (AvgIpc) is 3.55. The molecule has 5 aliphatic rings. The number of carbonyl (C=O) groups is 2. The van der Waals surface area contributed by atoms with Crippen molar-refractivity contribution in [1.82, 2.24) is 4.90 Å². The van der Waals surface area contributed by atoms with Crippen LogP contribution in [-0.4, -0.2) is 72.8 Å². The summed E-state index contributed by atoms with van der Waals surface area (Å²) < 4.78 is 42.0. The fraction of sp³-hybridized carbons (Fsp3) is 0.667. The van der Waals surface area contributed by atoms with Gasteiger partial charge in [0.2, 0.25) is 6.79 Å². The Bertz CT molecular complexity index is 1200. The van der Waals surface area contributed by atoms with Crippen LogP contribution in [0, 0.1) is 0 Å². The van der Waals surface area contributed by atoms with Crippen LogP contribution in [0.25, 0.3) is 0 Å². The third-order valence-corrected chi connectivity index (χ3v) is 9.19. The molecule has 6 rings (SSSR count). The van der Waals surface area contributed by atoms with E-state index in [2.05, 4.69) is 23.1 Å². The third kappa shape index (κ3) is 4.51. The topological polar surface area (TPSA) is 83.5 Å². The van der Waals surface area contributed by atoms with Gasteiger partial charge < -0.3 is 23.7 Å². The number of nitrogens with zero attached hydrogens (tertiary/aromatic N) is 1. The summed E-state index contributed by atoms with van der Waals surface area (Å²) in [4.78, 5) is 29.4. The number of rotatable bonds is 6. The van der Waals surface area contributed by atoms with E-state index in [0.717, 1.165) is 61.4 Å². The lowest BCUT2D eigenvalue weighted by molar-refractivity contribution is -0.216. The molecule has 4 atom stereocenters. The molecule has 0 amide bonds. The van der Waals surface area contributed by atoms with Crippen molar-refractivity contribution in [3.8, 4) is 11.5 Å². The number of carbonyl (C=O) groups excluding carboxylic acids is 2. The Morgan fingerprint density at radius 1 is 1.10 bits per heavy atom. The standard InChI is InChI=1S/C30H38FNO7/c1-19-16-29-8-5-11-32(29)12-6-20-14-22-23(37-18-36-22)15-21(20)25(29)26(19)38-27(34)30(17-24(33)35-13-10-31)9-4-7-28(2,3)39-30/h14-16,25-26H,4-13,17-18H2,1-3H3/t25-,26?,29+,30?/m1/s1. The number of hydrogen-bond donors (Lipinski definition) is 0. The first-order chi connectivity index (χ1) is 18.7. The van der Waals surface area contributed by atoms with Gasteiger partial charge in [-0.25, -0.2) is 9.18 Å². The molecule has 1 spiro atoms. The summed E-state index contributed by atoms with van der Waals surface area (Å²) in [6.07, 6.45) is 6.19. The Morgan fingerprint density at radius 2 is 1.90 bits per heavy atom. The van der Waals surface area contributed by atoms with Crippen LogP contribution in [0.2, 0.25) is 0 Å². The Hall–Kier alpha value is -2.65. The second-order valence-electron chi connectivity index (χ2n) is 12.2. The van der Waals surface area contributed by atoms with E-state index in [1.807, 2.05) is 20.8 Å². The van der Waals surface area contributed by atoms with Gasteiger partial charge in [-0.15, -0.1) is 0 Å². The molecule has 2 saturated heterocycles. The predicted molar refractivity (Wildman–Crippen MR) is 139 cm³/mol. The second kappa shape index (κ2) is 9.77. The van der Waals surface area contributed by atoms with Crippen molar-refractivity contribution >= 4 is 11.9 Å². The lowest BCUT2D eigenvalue weighted by atomic mass is 9.77. The SMILES string of the molecule is CC1=C[C@]23CCCN2CCc2cc4c(cc2[C@@H]3C1OC(=O)C1(CC(=O)OCCF)CCCC(C)(C)O1)OCO4. The van der Waals surface area contributed by atoms with Crippen LogP contribution in [-0.2, 0) is 30.2 Å². The number of halogens is 1. The lowest BCUT2D eigenvalue weighted by Crippen LogP contribution is -2.54. The first-order valence-electron chi connectivity index (χ1n) is 14.2. The minimum atomic E-state index is -1.48. The van der Waals surface area contributed by atoms with Crippen LogP contribution in [0.4, 0.5) is 4.39 Å². The van der Waals surface area contributed by atoms with Crippen molar-refractivity contribution in [3.63, 3.8) is 0 Å². The molecule has 4 aliphatic heterocycles. The zero-order valence-electron chi connectivity index (χ0n) is 23.1. The van der Waals surface area contributed by atoms with E-state index in [9.17, 15) is 14.0 Å². The monoisotopic (exact) mass is 543 g/mol. The zero-order chi connectivity index (χ0) is 27.4. The molecule has 1 aromatic carbocycles. The largest absolute Gasteiger partial charge is 0.463 e. The highest BCUT2D eigenvalue weighted by atomic mass is 19.1. The number of hydrogen-bond acceptors (Lipinski definition) is 8. The van der Waals surface area contributed by atoms with Gasteiger partial charge in [0.15, 0.2) is 17.1 Å². The second-order valence-corrected chi connectivity index (χ2v) is 12.2. The van der Waals surface area contributed by atoms with Gasteiger partial charge in [-0.3, -0.25) is 9.69 Å². The van der Waals surface area contributed by atoms with E-state index >= 15 is 0 Å². The van der Waals surface area contributed by atoms with Crippen molar-refractivity contribution in [2.24, 2.45) is 0 Å². The summed E-state index contributed by atoms with van der Waals surface area (Å²) in [6.45, 7) is 6.83. The number of alkyl halides is 1. The maximum atomic E-state index is 14.2. The van der Waals surface area contributed by atoms with Gasteiger partial charge >= 0.3 is 11.9 Å². The van der Waals surface area contributed by atoms with E-state index in [0.29, 0.717) is 12.8 Å². The molecule has 0 radical (unpaired) electrons. The van der Waals surface area contributed by atoms with Crippen LogP contribution >= 0.6 is 0 Å². The van der Waals surface area contributed by atoms with Gasteiger partial charge in [-0.1, -0.05) is 6.08 Å². The Kier molecular flexibility index (Phi) is 6.65. The number of esters is 2. The van der Waals surface area contributed by atoms with Gasteiger partial charge in [-0.2, -0.15) is 0 Å². The first kappa shape index (κ1) is 26.6. The predicted octanol–water partition coefficient (Wildman–Crippen LogP) is 4.38. The highest BCUT2D eigenvalue weighted by molar-refractivity contribution is 5.86. The van der Waals surface area contributed by atoms with Gasteiger partial charge in [0, 0.05) is 12.5 Å². The minimum absolute atomic E-state index is 0.122. The summed E-state index contributed by atoms with van der Waals surface area (Å²) >= 11 is 0. The van der Waals surface area contributed by atoms with Gasteiger partial charge in [0.05, 0.1) is 17.6 Å². The summed E-state index contributed by atoms with van der Waals surface area (Å²) in [7, 11) is 0. The molecule has 8 nitrogen and oxygen atoms in total. The Morgan fingerprint density at radius 3 is 2.67 bits per heavy atom. The molecule has 0 aromatic heterocycles. The minimum Gasteiger partial charge on any atom is -0.463 e. The molecular formula is C30H38FNO7. The van der Waals surface area contributed by atoms with Gasteiger partial charge in [0.25, 0.3) is 0 Å². The van der Waals surface area contributed by atoms with Crippen LogP contribution in [0.3, 0.4) is 0 Å². The van der Waals surface area contributed by atoms with Crippen LogP contribution < -0.4 is 9.47 Å². The summed E-state index contributed by atoms with van der Waals surface area (Å²) in [5.41, 5.74) is 0.944. The molecular weight excluding hydrogens is 505 g/mol. The van der Waals surface area contributed by atoms with E-state index in [1.54, 1.807) is 0 Å². The smallest absolute Gasteiger partial charge is 0.339 e. The van der Waals surface area contributed by atoms with Crippen LogP contribution in [0.5, 0.6) is 11.5 Å². The maximum Gasteiger partial charge on any atom is 0.339 e. The molecule has 9 heteroatoms. The number of benzene rings is 1. The molecule has 0 N–H and O–H groups in total. The van der Waals surface area contributed by atoms with E-state index in [1.165, 1.54) is 5.56 Å². The average molecular weight is 544 g/mol. The fourth-order valence-corrected chi connectivity index (χ4v) is 7.63. The maximum absolute atomic E-state index is 14.2. The van der Waals surface area contributed by atoms with Crippen molar-refractivity contribution < 1.29 is 37.7 Å². The van der Waals surface area contributed by atoms with Crippen molar-refractivity contribution in [1.29, 1.82) is 0 Å². The molecule has 4 heterocycles. The van der Waals surface area contributed by atoms with Crippen molar-refractivity contribution in [2.45, 2.75) is 94.5 Å². The molecule has 0 bridgehead atoms. The first-order valence-corrected chi connectivity index (χ1v) is 14.2. The van der Waals surface area contributed by atoms with Crippen LogP contribution in [0.1, 0.15) is 76.3 Å². The quantitative estimate of drug-likeness (QED) is 0.386. The van der Waals surface area contributed by atoms with Crippen molar-refractivity contribution in [3.05, 3.63) is 34.9 Å². The molecule has 0 saturated carbocycles. The molecule has 1 aliphatic carbocycles. The highest BCUT2D eigenvalue weighted by Crippen LogP contribution is 2.55. The molecule has 2 unspecified atom stereocenters. The number of ether oxygens (including phenoxy) is 5. The third-order valence-electron chi connectivity index (χ3n) is 9.19. The Balaban J connectivity index is 1.36. The Labute approximate surface area is 228 Å². The van der Waals surface area contributed by atoms with E-state index < -0.39 is 35.9 Å². The summed E-state index contributed by atoms with van der Waals surface area (Å²) in [6, 6.07) is 4.15. The normalized spacial score (nSPS) is 32.5. The fourth-order valence-electron chi connectivity index (χ4n) is 7.63. The van der Waals surface area contributed by atoms with Gasteiger partial charge in [-0.05, 0) is 94.7 Å². The number of fused-ring (bicyclic) bond motifs is 3. The molecule has 212 valence electrons. The van der Waals surface area contributed by atoms with Crippen molar-refractivity contribution in [2.75, 3.05) is 33.2 Å². The molecule has 1 aromatic rings. The molecule has 39 heavy (non-hydrogen) atoms. The van der Waals surface area contributed by atoms with E-state index in [4.69, 9.17) is 23.7 Å². The lowest BCUT2D eigenvalue weighted by Gasteiger charge is -2.44. The summed E-state index contributed by atoms with van der Waals surface area (Å²) in [5.74, 6) is 0.132. The zero-order valence-corrected chi connectivity index (χ0v) is 23.1. The van der Waals surface area contributed by atoms with Crippen LogP contribution in [0.15, 0.2) is 23.8 Å². The highest BCUT2D eigenvalue weighted by Gasteiger charge is 2.58. The van der Waals surface area contributed by atoms with E-state index in [-0.39, 0.29) is 31.3 Å². The molecule has 2 fully saturated rings. The van der Waals surface area contributed by atoms with Gasteiger partial charge in [0.1, 0.15) is 19.4 Å².